The zero-order valence-electron chi connectivity index (χ0n) is 14.3. The van der Waals surface area contributed by atoms with E-state index in [2.05, 4.69) is 17.0 Å². The Bertz CT molecular complexity index is 947. The monoisotopic (exact) mass is 335 g/mol. The highest BCUT2D eigenvalue weighted by molar-refractivity contribution is 5.82. The second-order valence-electron chi connectivity index (χ2n) is 6.38. The summed E-state index contributed by atoms with van der Waals surface area (Å²) in [5, 5.41) is 1.03. The third-order valence-electron chi connectivity index (χ3n) is 4.71. The quantitative estimate of drug-likeness (QED) is 0.681. The van der Waals surface area contributed by atoms with E-state index in [9.17, 15) is 4.79 Å². The van der Waals surface area contributed by atoms with Gasteiger partial charge in [-0.15, -0.1) is 0 Å². The summed E-state index contributed by atoms with van der Waals surface area (Å²) in [5.74, 6) is 0.736. The minimum absolute atomic E-state index is 0.228. The van der Waals surface area contributed by atoms with E-state index in [0.717, 1.165) is 41.8 Å². The second kappa shape index (κ2) is 6.73. The molecule has 0 aliphatic carbocycles. The Morgan fingerprint density at radius 1 is 1.12 bits per heavy atom. The van der Waals surface area contributed by atoms with E-state index in [0.29, 0.717) is 18.7 Å². The molecule has 0 atom stereocenters. The van der Waals surface area contributed by atoms with Gasteiger partial charge >= 0.3 is 5.63 Å². The third kappa shape index (κ3) is 3.17. The lowest BCUT2D eigenvalue weighted by molar-refractivity contribution is 0.241. The first-order valence-corrected chi connectivity index (χ1v) is 8.72. The lowest BCUT2D eigenvalue weighted by Crippen LogP contribution is -2.33. The van der Waals surface area contributed by atoms with E-state index >= 15 is 0 Å². The molecular formula is C21H21NO3. The van der Waals surface area contributed by atoms with E-state index in [1.54, 1.807) is 0 Å². The van der Waals surface area contributed by atoms with E-state index in [1.165, 1.54) is 5.56 Å². The fraction of sp³-hybridized carbons (Fsp3) is 0.286. The van der Waals surface area contributed by atoms with Crippen molar-refractivity contribution in [3.63, 3.8) is 0 Å². The molecule has 4 heteroatoms. The summed E-state index contributed by atoms with van der Waals surface area (Å²) in [6, 6.07) is 16.1. The molecule has 2 aromatic carbocycles. The van der Waals surface area contributed by atoms with Crippen LogP contribution in [0.25, 0.3) is 11.0 Å². The maximum absolute atomic E-state index is 12.5. The van der Waals surface area contributed by atoms with Crippen LogP contribution >= 0.6 is 0 Å². The molecule has 0 unspecified atom stereocenters. The fourth-order valence-corrected chi connectivity index (χ4v) is 3.53. The lowest BCUT2D eigenvalue weighted by atomic mass is 9.97. The number of rotatable bonds is 4. The van der Waals surface area contributed by atoms with E-state index in [4.69, 9.17) is 9.15 Å². The molecule has 25 heavy (non-hydrogen) atoms. The molecule has 0 saturated heterocycles. The SMILES string of the molecule is CCOc1ccc2c3c(c(=O)oc2c1)CN(Cc1ccccc1)CC3. The number of nitrogens with zero attached hydrogens (tertiary/aromatic N) is 1. The van der Waals surface area contributed by atoms with Crippen molar-refractivity contribution in [2.75, 3.05) is 13.2 Å². The molecule has 1 aliphatic heterocycles. The summed E-state index contributed by atoms with van der Waals surface area (Å²) in [7, 11) is 0. The highest BCUT2D eigenvalue weighted by atomic mass is 16.5. The van der Waals surface area contributed by atoms with Gasteiger partial charge in [0.25, 0.3) is 0 Å². The van der Waals surface area contributed by atoms with Crippen LogP contribution in [0.5, 0.6) is 5.75 Å². The van der Waals surface area contributed by atoms with Gasteiger partial charge in [0.05, 0.1) is 12.2 Å². The fourth-order valence-electron chi connectivity index (χ4n) is 3.53. The summed E-state index contributed by atoms with van der Waals surface area (Å²) in [4.78, 5) is 14.8. The maximum atomic E-state index is 12.5. The summed E-state index contributed by atoms with van der Waals surface area (Å²) >= 11 is 0. The largest absolute Gasteiger partial charge is 0.494 e. The number of benzene rings is 2. The summed E-state index contributed by atoms with van der Waals surface area (Å²) < 4.78 is 11.1. The zero-order valence-corrected chi connectivity index (χ0v) is 14.3. The molecule has 0 radical (unpaired) electrons. The first-order valence-electron chi connectivity index (χ1n) is 8.72. The molecule has 4 rings (SSSR count). The van der Waals surface area contributed by atoms with Crippen molar-refractivity contribution in [2.45, 2.75) is 26.4 Å². The van der Waals surface area contributed by atoms with E-state index in [-0.39, 0.29) is 5.63 Å². The van der Waals surface area contributed by atoms with Gasteiger partial charge in [-0.1, -0.05) is 30.3 Å². The Hall–Kier alpha value is -2.59. The molecule has 0 N–H and O–H groups in total. The summed E-state index contributed by atoms with van der Waals surface area (Å²) in [6.45, 7) is 4.95. The minimum atomic E-state index is -0.228. The summed E-state index contributed by atoms with van der Waals surface area (Å²) in [6.07, 6.45) is 0.859. The Morgan fingerprint density at radius 3 is 2.76 bits per heavy atom. The Balaban J connectivity index is 1.66. The van der Waals surface area contributed by atoms with Crippen LogP contribution in [0.2, 0.25) is 0 Å². The molecule has 128 valence electrons. The van der Waals surface area contributed by atoms with Gasteiger partial charge in [-0.2, -0.15) is 0 Å². The van der Waals surface area contributed by atoms with Crippen LogP contribution in [-0.2, 0) is 19.5 Å². The van der Waals surface area contributed by atoms with Gasteiger partial charge in [-0.05, 0) is 36.6 Å². The summed E-state index contributed by atoms with van der Waals surface area (Å²) in [5.41, 5.74) is 3.56. The molecule has 1 aromatic heterocycles. The van der Waals surface area contributed by atoms with Crippen molar-refractivity contribution in [3.8, 4) is 5.75 Å². The molecule has 4 nitrogen and oxygen atoms in total. The molecular weight excluding hydrogens is 314 g/mol. The van der Waals surface area contributed by atoms with Crippen molar-refractivity contribution < 1.29 is 9.15 Å². The molecule has 0 fully saturated rings. The van der Waals surface area contributed by atoms with E-state index in [1.807, 2.05) is 43.3 Å². The number of hydrogen-bond donors (Lipinski definition) is 0. The van der Waals surface area contributed by atoms with Crippen LogP contribution in [0.3, 0.4) is 0 Å². The predicted molar refractivity (Wildman–Crippen MR) is 97.9 cm³/mol. The second-order valence-corrected chi connectivity index (χ2v) is 6.38. The van der Waals surface area contributed by atoms with Crippen LogP contribution in [0.4, 0.5) is 0 Å². The molecule has 3 aromatic rings. The number of hydrogen-bond acceptors (Lipinski definition) is 4. The van der Waals surface area contributed by atoms with Gasteiger partial charge in [-0.3, -0.25) is 4.90 Å². The Labute approximate surface area is 146 Å². The molecule has 0 saturated carbocycles. The van der Waals surface area contributed by atoms with Gasteiger partial charge in [0.1, 0.15) is 11.3 Å². The van der Waals surface area contributed by atoms with Crippen LogP contribution in [-0.4, -0.2) is 18.1 Å². The zero-order chi connectivity index (χ0) is 17.2. The van der Waals surface area contributed by atoms with Crippen LogP contribution in [0.15, 0.2) is 57.7 Å². The van der Waals surface area contributed by atoms with Crippen LogP contribution in [0.1, 0.15) is 23.6 Å². The Kier molecular flexibility index (Phi) is 4.28. The highest BCUT2D eigenvalue weighted by Crippen LogP contribution is 2.28. The number of ether oxygens (including phenoxy) is 1. The van der Waals surface area contributed by atoms with Crippen molar-refractivity contribution in [1.82, 2.24) is 4.90 Å². The maximum Gasteiger partial charge on any atom is 0.341 e. The van der Waals surface area contributed by atoms with Gasteiger partial charge in [0, 0.05) is 31.1 Å². The normalized spacial score (nSPS) is 14.4. The van der Waals surface area contributed by atoms with Crippen molar-refractivity contribution in [3.05, 3.63) is 75.6 Å². The average molecular weight is 335 g/mol. The van der Waals surface area contributed by atoms with Gasteiger partial charge in [0.2, 0.25) is 0 Å². The van der Waals surface area contributed by atoms with Crippen LogP contribution < -0.4 is 10.4 Å². The van der Waals surface area contributed by atoms with Crippen LogP contribution in [0, 0.1) is 0 Å². The first-order chi connectivity index (χ1) is 12.2. The van der Waals surface area contributed by atoms with Crippen molar-refractivity contribution in [1.29, 1.82) is 0 Å². The van der Waals surface area contributed by atoms with Gasteiger partial charge in [-0.25, -0.2) is 4.79 Å². The molecule has 0 spiro atoms. The number of fused-ring (bicyclic) bond motifs is 3. The molecule has 1 aliphatic rings. The standard InChI is InChI=1S/C21H21NO3/c1-2-24-16-8-9-18-17-10-11-22(13-15-6-4-3-5-7-15)14-19(17)21(23)25-20(18)12-16/h3-9,12H,2,10-11,13-14H2,1H3. The van der Waals surface area contributed by atoms with Gasteiger partial charge in [0.15, 0.2) is 0 Å². The van der Waals surface area contributed by atoms with E-state index < -0.39 is 0 Å². The highest BCUT2D eigenvalue weighted by Gasteiger charge is 2.23. The smallest absolute Gasteiger partial charge is 0.341 e. The molecule has 2 heterocycles. The Morgan fingerprint density at radius 2 is 1.96 bits per heavy atom. The van der Waals surface area contributed by atoms with Gasteiger partial charge < -0.3 is 9.15 Å². The third-order valence-corrected chi connectivity index (χ3v) is 4.71. The minimum Gasteiger partial charge on any atom is -0.494 e. The van der Waals surface area contributed by atoms with Crippen molar-refractivity contribution >= 4 is 11.0 Å². The molecule has 0 amide bonds. The predicted octanol–water partition coefficient (Wildman–Crippen LogP) is 3.75. The molecule has 0 bridgehead atoms. The first kappa shape index (κ1) is 15.9. The lowest BCUT2D eigenvalue weighted by Gasteiger charge is -2.28. The topological polar surface area (TPSA) is 42.7 Å². The average Bonchev–Trinajstić information content (AvgIpc) is 2.63. The van der Waals surface area contributed by atoms with Crippen molar-refractivity contribution in [2.24, 2.45) is 0 Å².